The Hall–Kier alpha value is -1.23. The number of sulfonamides is 1. The van der Waals surface area contributed by atoms with E-state index in [9.17, 15) is 8.42 Å². The van der Waals surface area contributed by atoms with Gasteiger partial charge < -0.3 is 4.74 Å². The lowest BCUT2D eigenvalue weighted by molar-refractivity contribution is 0.407. The maximum Gasteiger partial charge on any atom is 0.237 e. The summed E-state index contributed by atoms with van der Waals surface area (Å²) >= 11 is 0. The summed E-state index contributed by atoms with van der Waals surface area (Å²) in [7, 11) is -1.60. The van der Waals surface area contributed by atoms with Gasteiger partial charge in [-0.05, 0) is 24.5 Å². The van der Waals surface area contributed by atoms with Crippen LogP contribution in [0.2, 0.25) is 0 Å². The minimum absolute atomic E-state index is 0.0495. The van der Waals surface area contributed by atoms with Crippen molar-refractivity contribution in [2.24, 2.45) is 0 Å². The van der Waals surface area contributed by atoms with E-state index in [4.69, 9.17) is 4.74 Å². The molecule has 5 heteroatoms. The van der Waals surface area contributed by atoms with E-state index in [1.54, 1.807) is 7.11 Å². The Morgan fingerprint density at radius 3 is 2.59 bits per heavy atom. The second-order valence-electron chi connectivity index (χ2n) is 4.68. The number of ether oxygens (including phenoxy) is 1. The van der Waals surface area contributed by atoms with Gasteiger partial charge in [0.1, 0.15) is 5.75 Å². The standard InChI is InChI=1S/C12H17NO3S/c1-7(2)11-9-6-17(14,15)13-12(9)8(3)5-10(11)16-4/h5,7,13H,6H2,1-4H3. The van der Waals surface area contributed by atoms with Crippen molar-refractivity contribution in [2.45, 2.75) is 32.4 Å². The van der Waals surface area contributed by atoms with Crippen LogP contribution in [-0.2, 0) is 15.8 Å². The number of benzene rings is 1. The highest BCUT2D eigenvalue weighted by Gasteiger charge is 2.30. The van der Waals surface area contributed by atoms with E-state index in [1.165, 1.54) is 0 Å². The zero-order valence-electron chi connectivity index (χ0n) is 10.5. The normalized spacial score (nSPS) is 16.8. The van der Waals surface area contributed by atoms with Gasteiger partial charge in [0.15, 0.2) is 0 Å². The monoisotopic (exact) mass is 255 g/mol. The molecule has 0 saturated carbocycles. The Kier molecular flexibility index (Phi) is 2.81. The molecule has 1 aliphatic heterocycles. The molecule has 0 aliphatic carbocycles. The number of methoxy groups -OCH3 is 1. The number of nitrogens with one attached hydrogen (secondary N) is 1. The van der Waals surface area contributed by atoms with E-state index < -0.39 is 10.0 Å². The van der Waals surface area contributed by atoms with Gasteiger partial charge in [-0.15, -0.1) is 0 Å². The minimum Gasteiger partial charge on any atom is -0.496 e. The van der Waals surface area contributed by atoms with Gasteiger partial charge in [-0.2, -0.15) is 0 Å². The molecule has 0 bridgehead atoms. The molecule has 0 fully saturated rings. The van der Waals surface area contributed by atoms with E-state index >= 15 is 0 Å². The lowest BCUT2D eigenvalue weighted by Crippen LogP contribution is -2.05. The molecule has 0 aromatic heterocycles. The molecule has 0 atom stereocenters. The zero-order chi connectivity index (χ0) is 12.8. The predicted octanol–water partition coefficient (Wildman–Crippen LogP) is 2.38. The molecule has 0 unspecified atom stereocenters. The molecule has 1 aromatic carbocycles. The Balaban J connectivity index is 2.73. The number of anilines is 1. The SMILES string of the molecule is COc1cc(C)c2c(c1C(C)C)CS(=O)(=O)N2. The van der Waals surface area contributed by atoms with Gasteiger partial charge in [-0.1, -0.05) is 13.8 Å². The first-order valence-corrected chi connectivity index (χ1v) is 7.22. The first-order chi connectivity index (χ1) is 7.85. The summed E-state index contributed by atoms with van der Waals surface area (Å²) in [6.45, 7) is 5.97. The molecule has 4 nitrogen and oxygen atoms in total. The highest BCUT2D eigenvalue weighted by molar-refractivity contribution is 7.92. The molecule has 1 aromatic rings. The number of aryl methyl sites for hydroxylation is 1. The van der Waals surface area contributed by atoms with Crippen LogP contribution >= 0.6 is 0 Å². The first kappa shape index (κ1) is 12.2. The molecule has 17 heavy (non-hydrogen) atoms. The Labute approximate surface area is 102 Å². The molecule has 0 amide bonds. The number of fused-ring (bicyclic) bond motifs is 1. The van der Waals surface area contributed by atoms with E-state index in [-0.39, 0.29) is 11.7 Å². The summed E-state index contributed by atoms with van der Waals surface area (Å²) in [5.74, 6) is 1.05. The van der Waals surface area contributed by atoms with Gasteiger partial charge in [-0.25, -0.2) is 8.42 Å². The third-order valence-corrected chi connectivity index (χ3v) is 4.21. The smallest absolute Gasteiger partial charge is 0.237 e. The quantitative estimate of drug-likeness (QED) is 0.882. The lowest BCUT2D eigenvalue weighted by atomic mass is 9.93. The maximum atomic E-state index is 11.7. The largest absolute Gasteiger partial charge is 0.496 e. The average molecular weight is 255 g/mol. The highest BCUT2D eigenvalue weighted by Crippen LogP contribution is 2.41. The number of hydrogen-bond donors (Lipinski definition) is 1. The predicted molar refractivity (Wildman–Crippen MR) is 68.1 cm³/mol. The Bertz CT molecular complexity index is 562. The van der Waals surface area contributed by atoms with Crippen molar-refractivity contribution in [1.82, 2.24) is 0 Å². The Morgan fingerprint density at radius 1 is 1.41 bits per heavy atom. The number of hydrogen-bond acceptors (Lipinski definition) is 3. The van der Waals surface area contributed by atoms with Crippen molar-refractivity contribution in [3.05, 3.63) is 22.8 Å². The fraction of sp³-hybridized carbons (Fsp3) is 0.500. The van der Waals surface area contributed by atoms with Crippen molar-refractivity contribution in [3.63, 3.8) is 0 Å². The second kappa shape index (κ2) is 3.91. The van der Waals surface area contributed by atoms with Crippen molar-refractivity contribution in [2.75, 3.05) is 11.8 Å². The number of rotatable bonds is 2. The van der Waals surface area contributed by atoms with Crippen molar-refractivity contribution >= 4 is 15.7 Å². The van der Waals surface area contributed by atoms with Crippen LogP contribution < -0.4 is 9.46 Å². The van der Waals surface area contributed by atoms with Gasteiger partial charge in [0.05, 0.1) is 18.6 Å². The third-order valence-electron chi connectivity index (χ3n) is 3.02. The van der Waals surface area contributed by atoms with Crippen LogP contribution in [0, 0.1) is 6.92 Å². The third kappa shape index (κ3) is 1.99. The van der Waals surface area contributed by atoms with Gasteiger partial charge in [0.2, 0.25) is 10.0 Å². The second-order valence-corrected chi connectivity index (χ2v) is 6.40. The van der Waals surface area contributed by atoms with Crippen LogP contribution in [0.3, 0.4) is 0 Å². The highest BCUT2D eigenvalue weighted by atomic mass is 32.2. The van der Waals surface area contributed by atoms with Crippen molar-refractivity contribution in [1.29, 1.82) is 0 Å². The van der Waals surface area contributed by atoms with Crippen molar-refractivity contribution < 1.29 is 13.2 Å². The molecule has 2 rings (SSSR count). The summed E-state index contributed by atoms with van der Waals surface area (Å²) < 4.78 is 31.3. The summed E-state index contributed by atoms with van der Waals surface area (Å²) in [5.41, 5.74) is 3.48. The molecule has 0 saturated heterocycles. The summed E-state index contributed by atoms with van der Waals surface area (Å²) in [6.07, 6.45) is 0. The van der Waals surface area contributed by atoms with Crippen LogP contribution in [0.25, 0.3) is 0 Å². The first-order valence-electron chi connectivity index (χ1n) is 5.56. The van der Waals surface area contributed by atoms with E-state index in [0.29, 0.717) is 0 Å². The molecule has 1 N–H and O–H groups in total. The molecule has 1 aliphatic rings. The lowest BCUT2D eigenvalue weighted by Gasteiger charge is -2.17. The van der Waals surface area contributed by atoms with Gasteiger partial charge >= 0.3 is 0 Å². The molecule has 0 spiro atoms. The summed E-state index contributed by atoms with van der Waals surface area (Å²) in [5, 5.41) is 0. The van der Waals surface area contributed by atoms with Crippen molar-refractivity contribution in [3.8, 4) is 5.75 Å². The maximum absolute atomic E-state index is 11.7. The van der Waals surface area contributed by atoms with E-state index in [2.05, 4.69) is 4.72 Å². The molecule has 0 radical (unpaired) electrons. The summed E-state index contributed by atoms with van der Waals surface area (Å²) in [4.78, 5) is 0. The fourth-order valence-corrected chi connectivity index (χ4v) is 3.69. The molecular formula is C12H17NO3S. The van der Waals surface area contributed by atoms with Crippen LogP contribution in [0.5, 0.6) is 5.75 Å². The minimum atomic E-state index is -3.21. The van der Waals surface area contributed by atoms with E-state index in [0.717, 1.165) is 28.1 Å². The van der Waals surface area contributed by atoms with Gasteiger partial charge in [-0.3, -0.25) is 4.72 Å². The molecule has 94 valence electrons. The zero-order valence-corrected chi connectivity index (χ0v) is 11.3. The molecule has 1 heterocycles. The van der Waals surface area contributed by atoms with E-state index in [1.807, 2.05) is 26.8 Å². The van der Waals surface area contributed by atoms with Crippen LogP contribution in [0.1, 0.15) is 36.5 Å². The summed E-state index contributed by atoms with van der Waals surface area (Å²) in [6, 6.07) is 1.89. The average Bonchev–Trinajstić information content (AvgIpc) is 2.52. The van der Waals surface area contributed by atoms with Crippen LogP contribution in [0.4, 0.5) is 5.69 Å². The fourth-order valence-electron chi connectivity index (χ4n) is 2.34. The van der Waals surface area contributed by atoms with Gasteiger partial charge in [0, 0.05) is 11.1 Å². The van der Waals surface area contributed by atoms with Gasteiger partial charge in [0.25, 0.3) is 0 Å². The Morgan fingerprint density at radius 2 is 2.06 bits per heavy atom. The van der Waals surface area contributed by atoms with Crippen LogP contribution in [0.15, 0.2) is 6.07 Å². The topological polar surface area (TPSA) is 55.4 Å². The van der Waals surface area contributed by atoms with Crippen LogP contribution in [-0.4, -0.2) is 15.5 Å². The molecular weight excluding hydrogens is 238 g/mol.